The van der Waals surface area contributed by atoms with Crippen molar-refractivity contribution in [1.29, 1.82) is 0 Å². The standard InChI is InChI=1S/C13H5Br5N2/c14-6-2-9(17)13(10(18)3-6)20-5-19-12-8(16)1-7(15)4-11(12)20/h1-5H. The first kappa shape index (κ1) is 15.2. The van der Waals surface area contributed by atoms with Crippen LogP contribution in [0.1, 0.15) is 0 Å². The van der Waals surface area contributed by atoms with Crippen molar-refractivity contribution in [3.63, 3.8) is 0 Å². The van der Waals surface area contributed by atoms with E-state index in [1.54, 1.807) is 0 Å². The van der Waals surface area contributed by atoms with Gasteiger partial charge in [-0.05, 0) is 72.1 Å². The average molecular weight is 589 g/mol. The number of halogens is 5. The van der Waals surface area contributed by atoms with Gasteiger partial charge in [-0.1, -0.05) is 31.9 Å². The van der Waals surface area contributed by atoms with Crippen LogP contribution in [0, 0.1) is 0 Å². The Bertz CT molecular complexity index is 802. The number of hydrogen-bond acceptors (Lipinski definition) is 1. The third kappa shape index (κ3) is 2.67. The minimum Gasteiger partial charge on any atom is -0.296 e. The van der Waals surface area contributed by atoms with Gasteiger partial charge in [0.05, 0.1) is 11.2 Å². The molecule has 2 nitrogen and oxygen atoms in total. The maximum Gasteiger partial charge on any atom is 0.103 e. The Kier molecular flexibility index (Phi) is 4.44. The second kappa shape index (κ2) is 5.83. The number of aromatic nitrogens is 2. The smallest absolute Gasteiger partial charge is 0.103 e. The van der Waals surface area contributed by atoms with Gasteiger partial charge in [0.15, 0.2) is 0 Å². The van der Waals surface area contributed by atoms with Crippen molar-refractivity contribution in [2.45, 2.75) is 0 Å². The minimum atomic E-state index is 0.926. The Hall–Kier alpha value is 0.310. The molecule has 0 unspecified atom stereocenters. The van der Waals surface area contributed by atoms with Crippen LogP contribution in [0.3, 0.4) is 0 Å². The Morgan fingerprint density at radius 3 is 1.95 bits per heavy atom. The summed E-state index contributed by atoms with van der Waals surface area (Å²) in [7, 11) is 0. The second-order valence-corrected chi connectivity index (χ2v) is 8.48. The highest BCUT2D eigenvalue weighted by atomic mass is 79.9. The first-order chi connectivity index (χ1) is 9.47. The number of rotatable bonds is 1. The van der Waals surface area contributed by atoms with E-state index in [2.05, 4.69) is 84.6 Å². The van der Waals surface area contributed by atoms with E-state index < -0.39 is 0 Å². The largest absolute Gasteiger partial charge is 0.296 e. The maximum atomic E-state index is 4.48. The van der Waals surface area contributed by atoms with Crippen LogP contribution in [0.2, 0.25) is 0 Å². The van der Waals surface area contributed by atoms with Crippen molar-refractivity contribution in [3.05, 3.63) is 53.0 Å². The molecule has 0 spiro atoms. The Morgan fingerprint density at radius 2 is 1.30 bits per heavy atom. The van der Waals surface area contributed by atoms with Crippen LogP contribution in [0.5, 0.6) is 0 Å². The van der Waals surface area contributed by atoms with E-state index in [4.69, 9.17) is 0 Å². The van der Waals surface area contributed by atoms with Crippen LogP contribution in [0.4, 0.5) is 0 Å². The van der Waals surface area contributed by atoms with Crippen LogP contribution in [0.25, 0.3) is 16.7 Å². The van der Waals surface area contributed by atoms with Gasteiger partial charge in [0.2, 0.25) is 0 Å². The van der Waals surface area contributed by atoms with Crippen LogP contribution in [0.15, 0.2) is 53.0 Å². The third-order valence-electron chi connectivity index (χ3n) is 2.79. The molecule has 2 aromatic carbocycles. The summed E-state index contributed by atoms with van der Waals surface area (Å²) >= 11 is 17.8. The zero-order chi connectivity index (χ0) is 14.4. The van der Waals surface area contributed by atoms with Gasteiger partial charge in [-0.2, -0.15) is 0 Å². The predicted molar refractivity (Wildman–Crippen MR) is 99.6 cm³/mol. The molecule has 102 valence electrons. The SMILES string of the molecule is Brc1cc(Br)c(-n2cnc3c(Br)cc(Br)cc32)c(Br)c1. The fourth-order valence-electron chi connectivity index (χ4n) is 1.98. The van der Waals surface area contributed by atoms with Crippen LogP contribution in [-0.4, -0.2) is 9.55 Å². The lowest BCUT2D eigenvalue weighted by Crippen LogP contribution is -1.95. The monoisotopic (exact) mass is 584 g/mol. The van der Waals surface area contributed by atoms with E-state index in [9.17, 15) is 0 Å². The van der Waals surface area contributed by atoms with Gasteiger partial charge in [0.25, 0.3) is 0 Å². The summed E-state index contributed by atoms with van der Waals surface area (Å²) in [5.41, 5.74) is 2.96. The lowest BCUT2D eigenvalue weighted by molar-refractivity contribution is 1.07. The van der Waals surface area contributed by atoms with E-state index in [1.807, 2.05) is 35.2 Å². The molecule has 0 bridgehead atoms. The van der Waals surface area contributed by atoms with E-state index in [0.29, 0.717) is 0 Å². The minimum absolute atomic E-state index is 0.926. The third-order valence-corrected chi connectivity index (χ3v) is 5.52. The highest BCUT2D eigenvalue weighted by Crippen LogP contribution is 2.36. The van der Waals surface area contributed by atoms with Crippen LogP contribution < -0.4 is 0 Å². The lowest BCUT2D eigenvalue weighted by Gasteiger charge is -2.11. The van der Waals surface area contributed by atoms with E-state index in [-0.39, 0.29) is 0 Å². The molecule has 7 heteroatoms. The molecule has 3 aromatic rings. The normalized spacial score (nSPS) is 11.2. The summed E-state index contributed by atoms with van der Waals surface area (Å²) in [6.07, 6.45) is 1.82. The molecular formula is C13H5Br5N2. The fourth-order valence-corrected chi connectivity index (χ4v) is 5.93. The van der Waals surface area contributed by atoms with Crippen molar-refractivity contribution in [2.24, 2.45) is 0 Å². The highest BCUT2D eigenvalue weighted by Gasteiger charge is 2.14. The highest BCUT2D eigenvalue weighted by molar-refractivity contribution is 9.12. The van der Waals surface area contributed by atoms with Gasteiger partial charge in [-0.25, -0.2) is 4.98 Å². The Morgan fingerprint density at radius 1 is 0.750 bits per heavy atom. The molecular weight excluding hydrogens is 584 g/mol. The quantitative estimate of drug-likeness (QED) is 0.305. The first-order valence-corrected chi connectivity index (χ1v) is 9.41. The summed E-state index contributed by atoms with van der Waals surface area (Å²) in [6.45, 7) is 0. The van der Waals surface area contributed by atoms with Gasteiger partial charge >= 0.3 is 0 Å². The number of fused-ring (bicyclic) bond motifs is 1. The zero-order valence-corrected chi connectivity index (χ0v) is 17.6. The van der Waals surface area contributed by atoms with E-state index in [0.717, 1.165) is 39.1 Å². The fraction of sp³-hybridized carbons (Fsp3) is 0. The summed E-state index contributed by atoms with van der Waals surface area (Å²) < 4.78 is 6.98. The molecule has 0 saturated carbocycles. The van der Waals surface area contributed by atoms with Gasteiger partial charge < -0.3 is 0 Å². The Balaban J connectivity index is 2.36. The summed E-state index contributed by atoms with van der Waals surface area (Å²) in [4.78, 5) is 4.48. The molecule has 0 N–H and O–H groups in total. The topological polar surface area (TPSA) is 17.8 Å². The average Bonchev–Trinajstić information content (AvgIpc) is 2.72. The number of hydrogen-bond donors (Lipinski definition) is 0. The van der Waals surface area contributed by atoms with Gasteiger partial charge in [0, 0.05) is 22.4 Å². The predicted octanol–water partition coefficient (Wildman–Crippen LogP) is 6.84. The molecule has 3 rings (SSSR count). The number of imidazole rings is 1. The molecule has 0 radical (unpaired) electrons. The molecule has 0 aliphatic heterocycles. The first-order valence-electron chi connectivity index (χ1n) is 5.44. The van der Waals surface area contributed by atoms with Crippen molar-refractivity contribution in [1.82, 2.24) is 9.55 Å². The molecule has 20 heavy (non-hydrogen) atoms. The van der Waals surface area contributed by atoms with Crippen molar-refractivity contribution >= 4 is 90.7 Å². The number of nitrogens with zero attached hydrogens (tertiary/aromatic N) is 2. The van der Waals surface area contributed by atoms with E-state index in [1.165, 1.54) is 0 Å². The Labute approximate surface area is 157 Å². The lowest BCUT2D eigenvalue weighted by atomic mass is 10.3. The molecule has 0 atom stereocenters. The second-order valence-electron chi connectivity index (χ2n) is 4.09. The molecule has 0 amide bonds. The van der Waals surface area contributed by atoms with Crippen molar-refractivity contribution in [3.8, 4) is 5.69 Å². The van der Waals surface area contributed by atoms with Crippen LogP contribution in [-0.2, 0) is 0 Å². The molecule has 0 aliphatic rings. The maximum absolute atomic E-state index is 4.48. The van der Waals surface area contributed by atoms with Gasteiger partial charge in [-0.3, -0.25) is 4.57 Å². The zero-order valence-electron chi connectivity index (χ0n) is 9.67. The van der Waals surface area contributed by atoms with Gasteiger partial charge in [-0.15, -0.1) is 0 Å². The molecule has 0 aliphatic carbocycles. The van der Waals surface area contributed by atoms with E-state index >= 15 is 0 Å². The molecule has 0 saturated heterocycles. The van der Waals surface area contributed by atoms with Crippen LogP contribution >= 0.6 is 79.6 Å². The molecule has 1 heterocycles. The molecule has 0 fully saturated rings. The van der Waals surface area contributed by atoms with Crippen molar-refractivity contribution in [2.75, 3.05) is 0 Å². The van der Waals surface area contributed by atoms with Crippen molar-refractivity contribution < 1.29 is 0 Å². The number of benzene rings is 2. The van der Waals surface area contributed by atoms with Gasteiger partial charge in [0.1, 0.15) is 11.8 Å². The summed E-state index contributed by atoms with van der Waals surface area (Å²) in [5, 5.41) is 0. The summed E-state index contributed by atoms with van der Waals surface area (Å²) in [5.74, 6) is 0. The summed E-state index contributed by atoms with van der Waals surface area (Å²) in [6, 6.07) is 8.07. The molecule has 1 aromatic heterocycles.